The Labute approximate surface area is 105 Å². The highest BCUT2D eigenvalue weighted by Crippen LogP contribution is 2.26. The van der Waals surface area contributed by atoms with E-state index in [1.165, 1.54) is 19.3 Å². The van der Waals surface area contributed by atoms with Crippen LogP contribution in [0.25, 0.3) is 0 Å². The van der Waals surface area contributed by atoms with Crippen LogP contribution in [-0.4, -0.2) is 31.9 Å². The molecule has 1 rings (SSSR count). The summed E-state index contributed by atoms with van der Waals surface area (Å²) in [5.41, 5.74) is 0. The Morgan fingerprint density at radius 1 is 1.24 bits per heavy atom. The molecular formula is C12H25NO3S. The molecule has 1 aliphatic rings. The zero-order valence-electron chi connectivity index (χ0n) is 10.7. The van der Waals surface area contributed by atoms with Crippen LogP contribution < -0.4 is 4.72 Å². The minimum absolute atomic E-state index is 0.0504. The number of aliphatic hydroxyl groups excluding tert-OH is 1. The monoisotopic (exact) mass is 263 g/mol. The molecule has 1 aliphatic carbocycles. The summed E-state index contributed by atoms with van der Waals surface area (Å²) in [6.45, 7) is 2.03. The van der Waals surface area contributed by atoms with E-state index in [9.17, 15) is 8.42 Å². The molecule has 0 spiro atoms. The first-order chi connectivity index (χ1) is 8.05. The standard InChI is InChI=1S/C12H25NO3S/c1-11(12-7-3-2-4-8-12)13-17(15,16)10-6-5-9-14/h11-14H,2-10H2,1H3. The average Bonchev–Trinajstić information content (AvgIpc) is 2.30. The van der Waals surface area contributed by atoms with Crippen molar-refractivity contribution >= 4 is 10.0 Å². The van der Waals surface area contributed by atoms with E-state index in [0.717, 1.165) is 12.8 Å². The van der Waals surface area contributed by atoms with E-state index in [4.69, 9.17) is 5.11 Å². The molecule has 0 saturated heterocycles. The molecule has 0 radical (unpaired) electrons. The smallest absolute Gasteiger partial charge is 0.211 e. The molecule has 102 valence electrons. The van der Waals surface area contributed by atoms with Gasteiger partial charge in [0, 0.05) is 12.6 Å². The predicted octanol–water partition coefficient (Wildman–Crippen LogP) is 1.65. The molecule has 1 atom stereocenters. The fourth-order valence-electron chi connectivity index (χ4n) is 2.48. The van der Waals surface area contributed by atoms with Gasteiger partial charge in [-0.2, -0.15) is 0 Å². The van der Waals surface area contributed by atoms with Crippen molar-refractivity contribution in [1.29, 1.82) is 0 Å². The van der Waals surface area contributed by atoms with Crippen molar-refractivity contribution < 1.29 is 13.5 Å². The van der Waals surface area contributed by atoms with Gasteiger partial charge in [-0.15, -0.1) is 0 Å². The fourth-order valence-corrected chi connectivity index (χ4v) is 3.94. The molecule has 1 saturated carbocycles. The summed E-state index contributed by atoms with van der Waals surface area (Å²) < 4.78 is 26.3. The van der Waals surface area contributed by atoms with Crippen molar-refractivity contribution in [1.82, 2.24) is 4.72 Å². The third kappa shape index (κ3) is 5.84. The first-order valence-corrected chi connectivity index (χ1v) is 8.31. The Kier molecular flexibility index (Phi) is 6.44. The van der Waals surface area contributed by atoms with Crippen molar-refractivity contribution in [3.05, 3.63) is 0 Å². The van der Waals surface area contributed by atoms with Crippen LogP contribution in [0.3, 0.4) is 0 Å². The maximum Gasteiger partial charge on any atom is 0.211 e. The lowest BCUT2D eigenvalue weighted by Gasteiger charge is -2.28. The number of hydrogen-bond acceptors (Lipinski definition) is 3. The second-order valence-electron chi connectivity index (χ2n) is 5.05. The van der Waals surface area contributed by atoms with Gasteiger partial charge in [-0.3, -0.25) is 0 Å². The summed E-state index contributed by atoms with van der Waals surface area (Å²) in [5, 5.41) is 8.63. The van der Waals surface area contributed by atoms with Crippen LogP contribution in [0.2, 0.25) is 0 Å². The largest absolute Gasteiger partial charge is 0.396 e. The minimum Gasteiger partial charge on any atom is -0.396 e. The molecule has 0 amide bonds. The summed E-state index contributed by atoms with van der Waals surface area (Å²) >= 11 is 0. The van der Waals surface area contributed by atoms with Gasteiger partial charge in [-0.1, -0.05) is 19.3 Å². The molecule has 1 unspecified atom stereocenters. The van der Waals surface area contributed by atoms with Gasteiger partial charge in [0.2, 0.25) is 10.0 Å². The number of rotatable bonds is 7. The van der Waals surface area contributed by atoms with Crippen molar-refractivity contribution in [3.8, 4) is 0 Å². The molecule has 0 bridgehead atoms. The summed E-state index contributed by atoms with van der Waals surface area (Å²) in [4.78, 5) is 0. The number of aliphatic hydroxyl groups is 1. The van der Waals surface area contributed by atoms with Gasteiger partial charge < -0.3 is 5.11 Å². The second-order valence-corrected chi connectivity index (χ2v) is 6.93. The zero-order valence-corrected chi connectivity index (χ0v) is 11.5. The van der Waals surface area contributed by atoms with Crippen molar-refractivity contribution in [2.24, 2.45) is 5.92 Å². The predicted molar refractivity (Wildman–Crippen MR) is 69.3 cm³/mol. The Balaban J connectivity index is 2.34. The van der Waals surface area contributed by atoms with Crippen LogP contribution in [0.1, 0.15) is 51.9 Å². The Morgan fingerprint density at radius 2 is 1.88 bits per heavy atom. The van der Waals surface area contributed by atoms with Crippen LogP contribution in [0, 0.1) is 5.92 Å². The number of sulfonamides is 1. The van der Waals surface area contributed by atoms with E-state index in [-0.39, 0.29) is 18.4 Å². The quantitative estimate of drug-likeness (QED) is 0.686. The van der Waals surface area contributed by atoms with E-state index >= 15 is 0 Å². The molecule has 2 N–H and O–H groups in total. The topological polar surface area (TPSA) is 66.4 Å². The number of hydrogen-bond donors (Lipinski definition) is 2. The molecule has 1 fully saturated rings. The van der Waals surface area contributed by atoms with Crippen LogP contribution in [-0.2, 0) is 10.0 Å². The maximum atomic E-state index is 11.8. The third-order valence-electron chi connectivity index (χ3n) is 3.54. The van der Waals surface area contributed by atoms with Gasteiger partial charge in [0.25, 0.3) is 0 Å². The lowest BCUT2D eigenvalue weighted by Crippen LogP contribution is -2.40. The molecule has 0 aromatic heterocycles. The molecule has 17 heavy (non-hydrogen) atoms. The van der Waals surface area contributed by atoms with Gasteiger partial charge in [-0.05, 0) is 38.5 Å². The fraction of sp³-hybridized carbons (Fsp3) is 1.00. The van der Waals surface area contributed by atoms with Crippen LogP contribution in [0.15, 0.2) is 0 Å². The van der Waals surface area contributed by atoms with Crippen LogP contribution in [0.5, 0.6) is 0 Å². The lowest BCUT2D eigenvalue weighted by molar-refractivity contribution is 0.286. The third-order valence-corrected chi connectivity index (χ3v) is 5.10. The van der Waals surface area contributed by atoms with Gasteiger partial charge in [0.1, 0.15) is 0 Å². The van der Waals surface area contributed by atoms with Gasteiger partial charge >= 0.3 is 0 Å². The van der Waals surface area contributed by atoms with Crippen molar-refractivity contribution in [3.63, 3.8) is 0 Å². The maximum absolute atomic E-state index is 11.8. The molecule has 0 heterocycles. The average molecular weight is 263 g/mol. The van der Waals surface area contributed by atoms with E-state index in [1.807, 2.05) is 6.92 Å². The van der Waals surface area contributed by atoms with Gasteiger partial charge in [-0.25, -0.2) is 13.1 Å². The van der Waals surface area contributed by atoms with Crippen molar-refractivity contribution in [2.45, 2.75) is 57.9 Å². The summed E-state index contributed by atoms with van der Waals surface area (Å²) in [6, 6.07) is 0.0504. The second kappa shape index (κ2) is 7.34. The Morgan fingerprint density at radius 3 is 2.47 bits per heavy atom. The summed E-state index contributed by atoms with van der Waals surface area (Å²) in [5.74, 6) is 0.626. The highest BCUT2D eigenvalue weighted by molar-refractivity contribution is 7.89. The first-order valence-electron chi connectivity index (χ1n) is 6.66. The highest BCUT2D eigenvalue weighted by Gasteiger charge is 2.23. The van der Waals surface area contributed by atoms with E-state index in [1.54, 1.807) is 0 Å². The Bertz CT molecular complexity index is 297. The minimum atomic E-state index is -3.16. The van der Waals surface area contributed by atoms with Crippen LogP contribution in [0.4, 0.5) is 0 Å². The van der Waals surface area contributed by atoms with Gasteiger partial charge in [0.15, 0.2) is 0 Å². The van der Waals surface area contributed by atoms with E-state index in [2.05, 4.69) is 4.72 Å². The van der Waals surface area contributed by atoms with Gasteiger partial charge in [0.05, 0.1) is 5.75 Å². The van der Waals surface area contributed by atoms with E-state index < -0.39 is 10.0 Å². The number of nitrogens with one attached hydrogen (secondary N) is 1. The van der Waals surface area contributed by atoms with Crippen molar-refractivity contribution in [2.75, 3.05) is 12.4 Å². The molecule has 5 heteroatoms. The summed E-state index contributed by atoms with van der Waals surface area (Å²) in [6.07, 6.45) is 7.09. The molecule has 0 aromatic carbocycles. The SMILES string of the molecule is CC(NS(=O)(=O)CCCCO)C1CCCCC1. The number of unbranched alkanes of at least 4 members (excludes halogenated alkanes) is 1. The molecule has 0 aromatic rings. The summed E-state index contributed by atoms with van der Waals surface area (Å²) in [7, 11) is -3.16. The normalized spacial score (nSPS) is 20.4. The molecule has 4 nitrogen and oxygen atoms in total. The Hall–Kier alpha value is -0.130. The lowest BCUT2D eigenvalue weighted by atomic mass is 9.85. The zero-order chi connectivity index (χ0) is 12.7. The molecular weight excluding hydrogens is 238 g/mol. The van der Waals surface area contributed by atoms with E-state index in [0.29, 0.717) is 18.8 Å². The molecule has 0 aliphatic heterocycles. The van der Waals surface area contributed by atoms with Crippen LogP contribution >= 0.6 is 0 Å². The first kappa shape index (κ1) is 14.9. The highest BCUT2D eigenvalue weighted by atomic mass is 32.2.